The number of esters is 1. The number of rotatable bonds is 4. The number of hydrogen-bond acceptors (Lipinski definition) is 9. The fourth-order valence-electron chi connectivity index (χ4n) is 6.03. The molecule has 4 atom stereocenters. The van der Waals surface area contributed by atoms with Crippen LogP contribution >= 0.6 is 0 Å². The normalized spacial score (nSPS) is 23.5. The van der Waals surface area contributed by atoms with Crippen molar-refractivity contribution in [2.45, 2.75) is 11.8 Å². The number of H-pyrrole nitrogens is 1. The third-order valence-electron chi connectivity index (χ3n) is 7.64. The zero-order valence-corrected chi connectivity index (χ0v) is 20.1. The zero-order chi connectivity index (χ0) is 25.3. The van der Waals surface area contributed by atoms with Crippen LogP contribution in [-0.4, -0.2) is 53.6 Å². The molecule has 4 aromatic rings. The van der Waals surface area contributed by atoms with Crippen molar-refractivity contribution >= 4 is 17.0 Å². The summed E-state index contributed by atoms with van der Waals surface area (Å²) in [7, 11) is 2.95. The van der Waals surface area contributed by atoms with Gasteiger partial charge in [-0.25, -0.2) is 4.98 Å². The number of ether oxygens (including phenoxy) is 5. The lowest BCUT2D eigenvalue weighted by Crippen LogP contribution is -2.35. The third-order valence-corrected chi connectivity index (χ3v) is 7.64. The van der Waals surface area contributed by atoms with Crippen LogP contribution in [0.25, 0.3) is 11.0 Å². The minimum absolute atomic E-state index is 0.102. The van der Waals surface area contributed by atoms with Crippen LogP contribution < -0.4 is 18.9 Å². The van der Waals surface area contributed by atoms with Crippen LogP contribution in [0, 0.1) is 11.8 Å². The van der Waals surface area contributed by atoms with Gasteiger partial charge in [0.05, 0.1) is 44.0 Å². The molecule has 10 nitrogen and oxygen atoms in total. The Morgan fingerprint density at radius 3 is 2.38 bits per heavy atom. The molecule has 4 heterocycles. The zero-order valence-electron chi connectivity index (χ0n) is 20.1. The van der Waals surface area contributed by atoms with E-state index in [0.29, 0.717) is 11.5 Å². The van der Waals surface area contributed by atoms with E-state index in [0.717, 1.165) is 33.5 Å². The van der Waals surface area contributed by atoms with Gasteiger partial charge in [-0.2, -0.15) is 0 Å². The SMILES string of the molecule is COc1cc([C@@H]2c3cc4c(cc3[C@@H](c3nc5ccncc5[nH]3)[C@H]3COC(=O)[C@H]23)OCO4)cc(OC)c1O. The van der Waals surface area contributed by atoms with Crippen LogP contribution in [0.15, 0.2) is 42.7 Å². The molecule has 2 N–H and O–H groups in total. The first-order chi connectivity index (χ1) is 18.1. The molecule has 37 heavy (non-hydrogen) atoms. The van der Waals surface area contributed by atoms with Crippen LogP contribution in [0.5, 0.6) is 28.7 Å². The lowest BCUT2D eigenvalue weighted by Gasteiger charge is -2.38. The number of aromatic amines is 1. The predicted molar refractivity (Wildman–Crippen MR) is 129 cm³/mol. The quantitative estimate of drug-likeness (QED) is 0.404. The monoisotopic (exact) mass is 501 g/mol. The molecule has 0 saturated carbocycles. The van der Waals surface area contributed by atoms with Crippen molar-refractivity contribution in [3.63, 3.8) is 0 Å². The first-order valence-corrected chi connectivity index (χ1v) is 11.9. The van der Waals surface area contributed by atoms with E-state index in [1.807, 2.05) is 18.2 Å². The fourth-order valence-corrected chi connectivity index (χ4v) is 6.03. The summed E-state index contributed by atoms with van der Waals surface area (Å²) in [6, 6.07) is 9.26. The highest BCUT2D eigenvalue weighted by molar-refractivity contribution is 5.80. The van der Waals surface area contributed by atoms with E-state index in [1.165, 1.54) is 14.2 Å². The summed E-state index contributed by atoms with van der Waals surface area (Å²) in [4.78, 5) is 25.8. The van der Waals surface area contributed by atoms with Gasteiger partial charge in [0, 0.05) is 24.0 Å². The van der Waals surface area contributed by atoms with Gasteiger partial charge in [-0.3, -0.25) is 9.78 Å². The molecule has 0 unspecified atom stereocenters. The van der Waals surface area contributed by atoms with E-state index in [1.54, 1.807) is 24.5 Å². The van der Waals surface area contributed by atoms with Crippen LogP contribution in [0.2, 0.25) is 0 Å². The van der Waals surface area contributed by atoms with Crippen LogP contribution in [0.1, 0.15) is 34.4 Å². The maximum Gasteiger partial charge on any atom is 0.310 e. The molecule has 1 aliphatic carbocycles. The van der Waals surface area contributed by atoms with E-state index in [4.69, 9.17) is 28.7 Å². The van der Waals surface area contributed by atoms with Gasteiger partial charge in [-0.15, -0.1) is 0 Å². The number of phenols is 1. The number of carbonyl (C=O) groups excluding carboxylic acids is 1. The number of methoxy groups -OCH3 is 2. The average molecular weight is 501 g/mol. The summed E-state index contributed by atoms with van der Waals surface area (Å²) in [5.74, 6) is 0.729. The Balaban J connectivity index is 1.49. The summed E-state index contributed by atoms with van der Waals surface area (Å²) < 4.78 is 28.0. The number of benzene rings is 2. The lowest BCUT2D eigenvalue weighted by atomic mass is 9.62. The Morgan fingerprint density at radius 2 is 1.70 bits per heavy atom. The van der Waals surface area contributed by atoms with Crippen molar-refractivity contribution in [1.29, 1.82) is 0 Å². The molecule has 1 saturated heterocycles. The smallest absolute Gasteiger partial charge is 0.310 e. The molecule has 0 spiro atoms. The molecule has 7 rings (SSSR count). The summed E-state index contributed by atoms with van der Waals surface area (Å²) in [6.07, 6.45) is 3.44. The number of fused-ring (bicyclic) bond motifs is 4. The first-order valence-electron chi connectivity index (χ1n) is 11.9. The fraction of sp³-hybridized carbons (Fsp3) is 0.296. The highest BCUT2D eigenvalue weighted by Gasteiger charge is 2.53. The molecule has 3 aliphatic rings. The highest BCUT2D eigenvalue weighted by Crippen LogP contribution is 2.57. The first kappa shape index (κ1) is 21.8. The molecule has 0 radical (unpaired) electrons. The Kier molecular flexibility index (Phi) is 4.72. The largest absolute Gasteiger partial charge is 0.502 e. The lowest BCUT2D eigenvalue weighted by molar-refractivity contribution is -0.141. The Bertz CT molecular complexity index is 1510. The highest BCUT2D eigenvalue weighted by atomic mass is 16.7. The van der Waals surface area contributed by atoms with E-state index in [9.17, 15) is 9.90 Å². The van der Waals surface area contributed by atoms with Crippen molar-refractivity contribution in [2.75, 3.05) is 27.6 Å². The number of nitrogens with zero attached hydrogens (tertiary/aromatic N) is 2. The number of phenolic OH excluding ortho intramolecular Hbond substituents is 1. The molecular formula is C27H23N3O7. The topological polar surface area (TPSA) is 125 Å². The summed E-state index contributed by atoms with van der Waals surface area (Å²) in [5, 5.41) is 10.5. The van der Waals surface area contributed by atoms with Gasteiger partial charge >= 0.3 is 5.97 Å². The van der Waals surface area contributed by atoms with Gasteiger partial charge in [-0.05, 0) is 47.0 Å². The maximum atomic E-state index is 13.3. The summed E-state index contributed by atoms with van der Waals surface area (Å²) in [6.45, 7) is 0.375. The van der Waals surface area contributed by atoms with E-state index in [2.05, 4.69) is 9.97 Å². The summed E-state index contributed by atoms with van der Waals surface area (Å²) in [5.41, 5.74) is 4.23. The minimum atomic E-state index is -0.511. The molecule has 188 valence electrons. The second-order valence-corrected chi connectivity index (χ2v) is 9.40. The van der Waals surface area contributed by atoms with E-state index >= 15 is 0 Å². The minimum Gasteiger partial charge on any atom is -0.502 e. The van der Waals surface area contributed by atoms with Crippen molar-refractivity contribution in [3.05, 3.63) is 65.2 Å². The molecular weight excluding hydrogens is 478 g/mol. The maximum absolute atomic E-state index is 13.3. The number of carbonyl (C=O) groups is 1. The second kappa shape index (κ2) is 8.02. The molecule has 1 fully saturated rings. The van der Waals surface area contributed by atoms with Crippen molar-refractivity contribution in [1.82, 2.24) is 15.0 Å². The number of imidazole rings is 1. The van der Waals surface area contributed by atoms with Gasteiger partial charge in [0.2, 0.25) is 12.5 Å². The molecule has 0 bridgehead atoms. The number of aromatic nitrogens is 3. The van der Waals surface area contributed by atoms with Crippen LogP contribution in [-0.2, 0) is 9.53 Å². The predicted octanol–water partition coefficient (Wildman–Crippen LogP) is 3.48. The van der Waals surface area contributed by atoms with Gasteiger partial charge in [-0.1, -0.05) is 0 Å². The van der Waals surface area contributed by atoms with Crippen molar-refractivity contribution in [2.24, 2.45) is 11.8 Å². The van der Waals surface area contributed by atoms with Gasteiger partial charge in [0.25, 0.3) is 0 Å². The Morgan fingerprint density at radius 1 is 1.00 bits per heavy atom. The molecule has 2 aromatic heterocycles. The van der Waals surface area contributed by atoms with E-state index < -0.39 is 11.8 Å². The van der Waals surface area contributed by atoms with Crippen molar-refractivity contribution < 1.29 is 33.6 Å². The second-order valence-electron chi connectivity index (χ2n) is 9.40. The van der Waals surface area contributed by atoms with Crippen LogP contribution in [0.4, 0.5) is 0 Å². The standard InChI is InChI=1S/C27H23N3O7/c1-33-20-5-12(6-21(34-2)25(20)31)22-13-7-18-19(37-11-36-18)8-14(13)23(15-10-35-27(32)24(15)22)26-29-16-3-4-28-9-17(16)30-26/h3-9,15,22-24,31H,10-11H2,1-2H3,(H,29,30)/t15-,22-,23-,24+/m1/s1. The Hall–Kier alpha value is -4.47. The molecule has 2 aromatic carbocycles. The van der Waals surface area contributed by atoms with Gasteiger partial charge < -0.3 is 33.8 Å². The van der Waals surface area contributed by atoms with Gasteiger partial charge in [0.1, 0.15) is 5.82 Å². The third kappa shape index (κ3) is 3.14. The number of cyclic esters (lactones) is 1. The molecule has 10 heteroatoms. The number of pyridine rings is 1. The molecule has 0 amide bonds. The molecule has 2 aliphatic heterocycles. The van der Waals surface area contributed by atoms with Crippen molar-refractivity contribution in [3.8, 4) is 28.7 Å². The number of hydrogen-bond donors (Lipinski definition) is 2. The number of nitrogens with one attached hydrogen (secondary N) is 1. The van der Waals surface area contributed by atoms with Crippen LogP contribution in [0.3, 0.4) is 0 Å². The average Bonchev–Trinajstić information content (AvgIpc) is 3.64. The van der Waals surface area contributed by atoms with E-state index in [-0.39, 0.29) is 48.5 Å². The van der Waals surface area contributed by atoms with Gasteiger partial charge in [0.15, 0.2) is 23.0 Å². The Labute approximate surface area is 211 Å². The number of aromatic hydroxyl groups is 1. The summed E-state index contributed by atoms with van der Waals surface area (Å²) >= 11 is 0.